The van der Waals surface area contributed by atoms with Crippen molar-refractivity contribution >= 4 is 22.1 Å². The zero-order valence-corrected chi connectivity index (χ0v) is 16.3. The summed E-state index contributed by atoms with van der Waals surface area (Å²) in [7, 11) is -3.74. The summed E-state index contributed by atoms with van der Waals surface area (Å²) in [5, 5.41) is 8.97. The summed E-state index contributed by atoms with van der Waals surface area (Å²) in [6.07, 6.45) is 1.37. The molecule has 1 heterocycles. The molecule has 0 spiro atoms. The third kappa shape index (κ3) is 5.31. The Morgan fingerprint density at radius 3 is 2.41 bits per heavy atom. The maximum atomic E-state index is 12.1. The molecule has 0 aliphatic rings. The van der Waals surface area contributed by atoms with Crippen LogP contribution in [0.5, 0.6) is 5.75 Å². The second-order valence-corrected chi connectivity index (χ2v) is 7.49. The zero-order valence-electron chi connectivity index (χ0n) is 15.5. The first-order valence-electron chi connectivity index (χ1n) is 8.66. The molecule has 0 saturated heterocycles. The van der Waals surface area contributed by atoms with Crippen molar-refractivity contribution in [2.75, 3.05) is 6.61 Å². The Hall–Kier alpha value is -3.43. The van der Waals surface area contributed by atoms with Gasteiger partial charge in [0.1, 0.15) is 17.3 Å². The lowest BCUT2D eigenvalue weighted by Crippen LogP contribution is -2.17. The van der Waals surface area contributed by atoms with Crippen LogP contribution in [0.3, 0.4) is 0 Å². The Morgan fingerprint density at radius 2 is 1.79 bits per heavy atom. The van der Waals surface area contributed by atoms with Gasteiger partial charge in [0.05, 0.1) is 17.7 Å². The van der Waals surface area contributed by atoms with Crippen molar-refractivity contribution in [2.45, 2.75) is 11.8 Å². The molecule has 0 radical (unpaired) electrons. The minimum absolute atomic E-state index is 0.0200. The molecule has 0 aliphatic carbocycles. The van der Waals surface area contributed by atoms with Gasteiger partial charge in [-0.3, -0.25) is 4.79 Å². The van der Waals surface area contributed by atoms with E-state index in [9.17, 15) is 13.2 Å². The van der Waals surface area contributed by atoms with Gasteiger partial charge in [-0.25, -0.2) is 19.0 Å². The highest BCUT2D eigenvalue weighted by atomic mass is 32.2. The largest absolute Gasteiger partial charge is 0.494 e. The molecule has 3 aromatic rings. The van der Waals surface area contributed by atoms with Gasteiger partial charge in [0.15, 0.2) is 0 Å². The molecule has 9 heteroatoms. The van der Waals surface area contributed by atoms with Crippen LogP contribution in [-0.2, 0) is 10.0 Å². The third-order valence-electron chi connectivity index (χ3n) is 3.88. The highest BCUT2D eigenvalue weighted by Crippen LogP contribution is 2.23. The van der Waals surface area contributed by atoms with Crippen molar-refractivity contribution in [2.24, 2.45) is 10.2 Å². The second kappa shape index (κ2) is 8.72. The van der Waals surface area contributed by atoms with E-state index in [1.807, 2.05) is 6.92 Å². The van der Waals surface area contributed by atoms with E-state index < -0.39 is 10.0 Å². The first kappa shape index (κ1) is 20.3. The Bertz CT molecular complexity index is 1120. The lowest BCUT2D eigenvalue weighted by atomic mass is 10.2. The number of sulfonamides is 1. The predicted octanol–water partition coefficient (Wildman–Crippen LogP) is 2.76. The Balaban J connectivity index is 1.62. The van der Waals surface area contributed by atoms with E-state index >= 15 is 0 Å². The van der Waals surface area contributed by atoms with E-state index in [1.165, 1.54) is 18.3 Å². The lowest BCUT2D eigenvalue weighted by Gasteiger charge is -2.03. The van der Waals surface area contributed by atoms with Gasteiger partial charge in [-0.05, 0) is 67.6 Å². The standard InChI is InChI=1S/C20H19N3O5S/c1-2-27-16-7-3-15(4-8-16)20(24)23-22-13-17-9-12-19(28-17)14-5-10-18(11-6-14)29(21,25)26/h3-13H,2H2,1H3,(H,23,24)(H2,21,25,26)/b22-13-. The molecule has 0 bridgehead atoms. The van der Waals surface area contributed by atoms with Crippen LogP contribution in [0.25, 0.3) is 11.3 Å². The third-order valence-corrected chi connectivity index (χ3v) is 4.81. The molecule has 3 N–H and O–H groups in total. The minimum atomic E-state index is -3.74. The summed E-state index contributed by atoms with van der Waals surface area (Å²) < 4.78 is 33.6. The average molecular weight is 413 g/mol. The van der Waals surface area contributed by atoms with Crippen LogP contribution in [0, 0.1) is 0 Å². The smallest absolute Gasteiger partial charge is 0.271 e. The van der Waals surface area contributed by atoms with Crippen molar-refractivity contribution in [3.8, 4) is 17.1 Å². The Labute approximate surface area is 168 Å². The van der Waals surface area contributed by atoms with E-state index in [-0.39, 0.29) is 10.8 Å². The fraction of sp³-hybridized carbons (Fsp3) is 0.100. The van der Waals surface area contributed by atoms with E-state index in [0.717, 1.165) is 0 Å². The van der Waals surface area contributed by atoms with Crippen molar-refractivity contribution in [1.29, 1.82) is 0 Å². The van der Waals surface area contributed by atoms with E-state index in [4.69, 9.17) is 14.3 Å². The van der Waals surface area contributed by atoms with Gasteiger partial charge in [0, 0.05) is 11.1 Å². The molecule has 8 nitrogen and oxygen atoms in total. The molecule has 29 heavy (non-hydrogen) atoms. The number of amides is 1. The van der Waals surface area contributed by atoms with Crippen LogP contribution in [-0.4, -0.2) is 27.1 Å². The van der Waals surface area contributed by atoms with Crippen molar-refractivity contribution in [3.63, 3.8) is 0 Å². The molecule has 3 rings (SSSR count). The molecule has 0 unspecified atom stereocenters. The summed E-state index contributed by atoms with van der Waals surface area (Å²) in [6, 6.07) is 16.1. The van der Waals surface area contributed by atoms with Gasteiger partial charge >= 0.3 is 0 Å². The molecule has 1 amide bonds. The lowest BCUT2D eigenvalue weighted by molar-refractivity contribution is 0.0955. The minimum Gasteiger partial charge on any atom is -0.494 e. The fourth-order valence-corrected chi connectivity index (χ4v) is 2.99. The van der Waals surface area contributed by atoms with Crippen molar-refractivity contribution in [1.82, 2.24) is 5.43 Å². The number of hydrogen-bond donors (Lipinski definition) is 2. The fourth-order valence-electron chi connectivity index (χ4n) is 2.47. The number of rotatable bonds is 7. The molecule has 0 fully saturated rings. The molecule has 150 valence electrons. The van der Waals surface area contributed by atoms with E-state index in [1.54, 1.807) is 48.5 Å². The number of hydrazone groups is 1. The van der Waals surface area contributed by atoms with Crippen LogP contribution < -0.4 is 15.3 Å². The maximum absolute atomic E-state index is 12.1. The number of carbonyl (C=O) groups excluding carboxylic acids is 1. The normalized spacial score (nSPS) is 11.5. The average Bonchev–Trinajstić information content (AvgIpc) is 3.17. The van der Waals surface area contributed by atoms with Gasteiger partial charge < -0.3 is 9.15 Å². The monoisotopic (exact) mass is 413 g/mol. The topological polar surface area (TPSA) is 124 Å². The molecule has 0 saturated carbocycles. The highest BCUT2D eigenvalue weighted by molar-refractivity contribution is 7.89. The molecule has 0 atom stereocenters. The molecular formula is C20H19N3O5S. The van der Waals surface area contributed by atoms with Gasteiger partial charge in [-0.2, -0.15) is 5.10 Å². The quantitative estimate of drug-likeness (QED) is 0.455. The highest BCUT2D eigenvalue weighted by Gasteiger charge is 2.09. The number of primary sulfonamides is 1. The van der Waals surface area contributed by atoms with E-state index in [0.29, 0.717) is 35.0 Å². The van der Waals surface area contributed by atoms with E-state index in [2.05, 4.69) is 10.5 Å². The number of furan rings is 1. The zero-order chi connectivity index (χ0) is 20.9. The van der Waals surface area contributed by atoms with Crippen molar-refractivity contribution < 1.29 is 22.4 Å². The number of benzene rings is 2. The van der Waals surface area contributed by atoms with Crippen LogP contribution in [0.15, 0.2) is 75.1 Å². The number of carbonyl (C=O) groups is 1. The predicted molar refractivity (Wildman–Crippen MR) is 108 cm³/mol. The Kier molecular flexibility index (Phi) is 6.10. The van der Waals surface area contributed by atoms with Crippen molar-refractivity contribution in [3.05, 3.63) is 72.0 Å². The molecular weight excluding hydrogens is 394 g/mol. The summed E-state index contributed by atoms with van der Waals surface area (Å²) in [5.41, 5.74) is 3.54. The summed E-state index contributed by atoms with van der Waals surface area (Å²) in [4.78, 5) is 12.1. The first-order chi connectivity index (χ1) is 13.9. The number of nitrogens with zero attached hydrogens (tertiary/aromatic N) is 1. The van der Waals surface area contributed by atoms with Gasteiger partial charge in [0.2, 0.25) is 10.0 Å². The molecule has 2 aromatic carbocycles. The van der Waals surface area contributed by atoms with Crippen LogP contribution >= 0.6 is 0 Å². The number of nitrogens with two attached hydrogens (primary N) is 1. The number of ether oxygens (including phenoxy) is 1. The first-order valence-corrected chi connectivity index (χ1v) is 10.2. The SMILES string of the molecule is CCOc1ccc(C(=O)N/N=C\c2ccc(-c3ccc(S(N)(=O)=O)cc3)o2)cc1. The van der Waals surface area contributed by atoms with Crippen LogP contribution in [0.4, 0.5) is 0 Å². The maximum Gasteiger partial charge on any atom is 0.271 e. The van der Waals surface area contributed by atoms with Gasteiger partial charge in [-0.1, -0.05) is 0 Å². The van der Waals surface area contributed by atoms with Crippen LogP contribution in [0.2, 0.25) is 0 Å². The summed E-state index contributed by atoms with van der Waals surface area (Å²) in [5.74, 6) is 1.26. The van der Waals surface area contributed by atoms with Gasteiger partial charge in [-0.15, -0.1) is 0 Å². The van der Waals surface area contributed by atoms with Gasteiger partial charge in [0.25, 0.3) is 5.91 Å². The number of nitrogens with one attached hydrogen (secondary N) is 1. The van der Waals surface area contributed by atoms with Crippen LogP contribution in [0.1, 0.15) is 23.0 Å². The molecule has 0 aliphatic heterocycles. The molecule has 1 aromatic heterocycles. The second-order valence-electron chi connectivity index (χ2n) is 5.93. The number of hydrogen-bond acceptors (Lipinski definition) is 6. The summed E-state index contributed by atoms with van der Waals surface area (Å²) in [6.45, 7) is 2.44. The Morgan fingerprint density at radius 1 is 1.10 bits per heavy atom. The summed E-state index contributed by atoms with van der Waals surface area (Å²) >= 11 is 0.